The van der Waals surface area contributed by atoms with Gasteiger partial charge in [-0.05, 0) is 62.0 Å². The predicted molar refractivity (Wildman–Crippen MR) is 97.9 cm³/mol. The third-order valence-corrected chi connectivity index (χ3v) is 5.03. The van der Waals surface area contributed by atoms with Gasteiger partial charge in [-0.1, -0.05) is 13.8 Å². The minimum Gasteiger partial charge on any atom is -0.461 e. The maximum Gasteiger partial charge on any atom is 0.296 e. The molecule has 2 heterocycles. The first-order valence-electron chi connectivity index (χ1n) is 9.16. The van der Waals surface area contributed by atoms with E-state index in [1.54, 1.807) is 11.6 Å². The molecule has 140 valence electrons. The van der Waals surface area contributed by atoms with Crippen LogP contribution in [0.1, 0.15) is 42.7 Å². The zero-order valence-electron chi connectivity index (χ0n) is 15.5. The van der Waals surface area contributed by atoms with Crippen LogP contribution in [-0.4, -0.2) is 34.5 Å². The first-order valence-corrected chi connectivity index (χ1v) is 9.16. The van der Waals surface area contributed by atoms with Crippen molar-refractivity contribution in [3.05, 3.63) is 47.5 Å². The molecular formula is C20H26FN3O2. The predicted octanol–water partition coefficient (Wildman–Crippen LogP) is 3.19. The second kappa shape index (κ2) is 7.99. The van der Waals surface area contributed by atoms with Crippen LogP contribution >= 0.6 is 0 Å². The molecule has 0 amide bonds. The second-order valence-electron chi connectivity index (χ2n) is 7.23. The van der Waals surface area contributed by atoms with Crippen LogP contribution < -0.4 is 10.1 Å². The Hall–Kier alpha value is -2.21. The molecule has 0 saturated carbocycles. The monoisotopic (exact) mass is 359 g/mol. The molecule has 6 heteroatoms. The fraction of sp³-hybridized carbons (Fsp3) is 0.500. The first kappa shape index (κ1) is 18.6. The Labute approximate surface area is 153 Å². The van der Waals surface area contributed by atoms with Gasteiger partial charge in [0, 0.05) is 12.6 Å². The Morgan fingerprint density at radius 1 is 1.27 bits per heavy atom. The van der Waals surface area contributed by atoms with Crippen LogP contribution in [-0.2, 0) is 7.05 Å². The number of hydrogen-bond acceptors (Lipinski definition) is 4. The maximum atomic E-state index is 13.1. The first-order chi connectivity index (χ1) is 12.5. The van der Waals surface area contributed by atoms with Crippen LogP contribution in [0.3, 0.4) is 0 Å². The van der Waals surface area contributed by atoms with E-state index >= 15 is 0 Å². The van der Waals surface area contributed by atoms with Gasteiger partial charge < -0.3 is 10.1 Å². The summed E-state index contributed by atoms with van der Waals surface area (Å²) in [4.78, 5) is 17.0. The summed E-state index contributed by atoms with van der Waals surface area (Å²) >= 11 is 0. The van der Waals surface area contributed by atoms with Crippen molar-refractivity contribution in [2.24, 2.45) is 18.9 Å². The Morgan fingerprint density at radius 3 is 2.54 bits per heavy atom. The van der Waals surface area contributed by atoms with Crippen molar-refractivity contribution in [3.63, 3.8) is 0 Å². The summed E-state index contributed by atoms with van der Waals surface area (Å²) in [7, 11) is 1.78. The van der Waals surface area contributed by atoms with E-state index in [1.165, 1.54) is 30.5 Å². The molecule has 1 atom stereocenters. The Balaban J connectivity index is 1.79. The van der Waals surface area contributed by atoms with Crippen molar-refractivity contribution < 1.29 is 13.9 Å². The molecule has 1 saturated heterocycles. The molecule has 0 spiro atoms. The van der Waals surface area contributed by atoms with E-state index in [2.05, 4.69) is 24.1 Å². The lowest BCUT2D eigenvalue weighted by molar-refractivity contribution is 0.0602. The number of halogens is 1. The summed E-state index contributed by atoms with van der Waals surface area (Å²) in [6, 6.07) is 5.99. The van der Waals surface area contributed by atoms with E-state index in [1.807, 2.05) is 0 Å². The summed E-state index contributed by atoms with van der Waals surface area (Å²) in [6.45, 7) is 6.32. The zero-order chi connectivity index (χ0) is 18.7. The molecule has 5 nitrogen and oxygen atoms in total. The molecule has 0 bridgehead atoms. The topological polar surface area (TPSA) is 56.1 Å². The normalized spacial score (nSPS) is 16.7. The smallest absolute Gasteiger partial charge is 0.296 e. The van der Waals surface area contributed by atoms with Crippen molar-refractivity contribution in [2.45, 2.75) is 32.8 Å². The Bertz CT molecular complexity index is 749. The van der Waals surface area contributed by atoms with Crippen molar-refractivity contribution in [1.82, 2.24) is 14.9 Å². The highest BCUT2D eigenvalue weighted by atomic mass is 19.1. The average molecular weight is 359 g/mol. The quantitative estimate of drug-likeness (QED) is 0.805. The number of aromatic nitrogens is 2. The Morgan fingerprint density at radius 2 is 1.92 bits per heavy atom. The molecule has 1 aromatic carbocycles. The molecule has 1 aromatic heterocycles. The highest BCUT2D eigenvalue weighted by molar-refractivity contribution is 6.07. The third-order valence-electron chi connectivity index (χ3n) is 5.03. The molecule has 0 radical (unpaired) electrons. The molecule has 1 N–H and O–H groups in total. The SMILES string of the molecule is CC(C)C(Oc1ncc(C(=O)c2ccc(F)cc2)n1C)C1CCNCC1. The standard InChI is InChI=1S/C20H26FN3O2/c1-13(2)19(15-8-10-22-11-9-15)26-20-23-12-17(24(20)3)18(25)14-4-6-16(21)7-5-14/h4-7,12-13,15,19,22H,8-11H2,1-3H3. The molecule has 3 rings (SSSR count). The van der Waals surface area contributed by atoms with Gasteiger partial charge in [-0.25, -0.2) is 9.37 Å². The lowest BCUT2D eigenvalue weighted by Gasteiger charge is -2.33. The molecular weight excluding hydrogens is 333 g/mol. The summed E-state index contributed by atoms with van der Waals surface area (Å²) in [5, 5.41) is 3.38. The number of hydrogen-bond donors (Lipinski definition) is 1. The number of rotatable bonds is 6. The summed E-state index contributed by atoms with van der Waals surface area (Å²) < 4.78 is 21.0. The summed E-state index contributed by atoms with van der Waals surface area (Å²) in [5.41, 5.74) is 0.860. The van der Waals surface area contributed by atoms with Crippen LogP contribution in [0, 0.1) is 17.7 Å². The van der Waals surface area contributed by atoms with Crippen LogP contribution in [0.4, 0.5) is 4.39 Å². The van der Waals surface area contributed by atoms with Crippen molar-refractivity contribution >= 4 is 5.78 Å². The van der Waals surface area contributed by atoms with Gasteiger partial charge in [-0.2, -0.15) is 0 Å². The second-order valence-corrected chi connectivity index (χ2v) is 7.23. The number of ether oxygens (including phenoxy) is 1. The van der Waals surface area contributed by atoms with Crippen molar-refractivity contribution in [2.75, 3.05) is 13.1 Å². The molecule has 2 aromatic rings. The molecule has 1 unspecified atom stereocenters. The highest BCUT2D eigenvalue weighted by Crippen LogP contribution is 2.27. The lowest BCUT2D eigenvalue weighted by atomic mass is 9.86. The van der Waals surface area contributed by atoms with Crippen LogP contribution in [0.2, 0.25) is 0 Å². The minimum absolute atomic E-state index is 0.0620. The number of ketones is 1. The van der Waals surface area contributed by atoms with E-state index in [9.17, 15) is 9.18 Å². The Kier molecular flexibility index (Phi) is 5.71. The largest absolute Gasteiger partial charge is 0.461 e. The van der Waals surface area contributed by atoms with Gasteiger partial charge in [0.25, 0.3) is 6.01 Å². The van der Waals surface area contributed by atoms with Gasteiger partial charge in [0.05, 0.1) is 6.20 Å². The summed E-state index contributed by atoms with van der Waals surface area (Å²) in [6.07, 6.45) is 3.75. The van der Waals surface area contributed by atoms with Gasteiger partial charge in [-0.3, -0.25) is 9.36 Å². The van der Waals surface area contributed by atoms with E-state index < -0.39 is 0 Å². The fourth-order valence-electron chi connectivity index (χ4n) is 3.53. The number of carbonyl (C=O) groups excluding carboxylic acids is 1. The van der Waals surface area contributed by atoms with E-state index in [-0.39, 0.29) is 17.7 Å². The van der Waals surface area contributed by atoms with Gasteiger partial charge in [0.2, 0.25) is 5.78 Å². The van der Waals surface area contributed by atoms with Crippen molar-refractivity contribution in [1.29, 1.82) is 0 Å². The molecule has 1 fully saturated rings. The number of benzene rings is 1. The van der Waals surface area contributed by atoms with Crippen LogP contribution in [0.25, 0.3) is 0 Å². The van der Waals surface area contributed by atoms with E-state index in [0.717, 1.165) is 25.9 Å². The highest BCUT2D eigenvalue weighted by Gasteiger charge is 2.29. The van der Waals surface area contributed by atoms with Gasteiger partial charge >= 0.3 is 0 Å². The van der Waals surface area contributed by atoms with Crippen LogP contribution in [0.5, 0.6) is 6.01 Å². The van der Waals surface area contributed by atoms with Gasteiger partial charge in [-0.15, -0.1) is 0 Å². The van der Waals surface area contributed by atoms with Crippen molar-refractivity contribution in [3.8, 4) is 6.01 Å². The number of piperidine rings is 1. The number of carbonyl (C=O) groups is 1. The zero-order valence-corrected chi connectivity index (χ0v) is 15.5. The summed E-state index contributed by atoms with van der Waals surface area (Å²) in [5.74, 6) is 0.269. The average Bonchev–Trinajstić information content (AvgIpc) is 3.00. The van der Waals surface area contributed by atoms with E-state index in [4.69, 9.17) is 4.74 Å². The third kappa shape index (κ3) is 3.96. The number of nitrogens with zero attached hydrogens (tertiary/aromatic N) is 2. The molecule has 1 aliphatic heterocycles. The fourth-order valence-corrected chi connectivity index (χ4v) is 3.53. The minimum atomic E-state index is -0.364. The maximum absolute atomic E-state index is 13.1. The van der Waals surface area contributed by atoms with Crippen LogP contribution in [0.15, 0.2) is 30.5 Å². The lowest BCUT2D eigenvalue weighted by Crippen LogP contribution is -2.40. The van der Waals surface area contributed by atoms with Gasteiger partial charge in [0.1, 0.15) is 17.6 Å². The molecule has 0 aliphatic carbocycles. The van der Waals surface area contributed by atoms with Gasteiger partial charge in [0.15, 0.2) is 0 Å². The number of imidazole rings is 1. The molecule has 26 heavy (non-hydrogen) atoms. The number of nitrogens with one attached hydrogen (secondary N) is 1. The van der Waals surface area contributed by atoms with E-state index in [0.29, 0.717) is 29.1 Å². The molecule has 1 aliphatic rings.